The normalized spacial score (nSPS) is 9.85. The second kappa shape index (κ2) is 6.47. The molecule has 102 valence electrons. The number of carbonyl (C=O) groups is 2. The number of pyridine rings is 1. The molecule has 20 heavy (non-hydrogen) atoms. The van der Waals surface area contributed by atoms with Crippen LogP contribution in [0, 0.1) is 6.92 Å². The predicted octanol–water partition coefficient (Wildman–Crippen LogP) is 1.76. The zero-order valence-electron chi connectivity index (χ0n) is 11.1. The molecule has 1 aromatic carbocycles. The summed E-state index contributed by atoms with van der Waals surface area (Å²) >= 11 is 0. The molecule has 0 fully saturated rings. The van der Waals surface area contributed by atoms with Crippen molar-refractivity contribution >= 4 is 17.6 Å². The van der Waals surface area contributed by atoms with Crippen LogP contribution in [0.4, 0.5) is 5.82 Å². The summed E-state index contributed by atoms with van der Waals surface area (Å²) in [4.78, 5) is 27.5. The van der Waals surface area contributed by atoms with Crippen molar-refractivity contribution in [1.29, 1.82) is 0 Å². The third kappa shape index (κ3) is 3.91. The Kier molecular flexibility index (Phi) is 4.44. The molecule has 0 saturated carbocycles. The van der Waals surface area contributed by atoms with Gasteiger partial charge in [0.25, 0.3) is 5.91 Å². The van der Waals surface area contributed by atoms with Gasteiger partial charge in [-0.3, -0.25) is 9.59 Å². The third-order valence-electron chi connectivity index (χ3n) is 2.62. The van der Waals surface area contributed by atoms with Gasteiger partial charge in [-0.15, -0.1) is 0 Å². The van der Waals surface area contributed by atoms with E-state index in [1.54, 1.807) is 42.6 Å². The first-order chi connectivity index (χ1) is 9.65. The highest BCUT2D eigenvalue weighted by Gasteiger charge is 2.08. The standard InChI is InChI=1S/C15H15N3O2/c1-11-5-4-6-12(9-11)15(20)17-10-14(19)18-13-7-2-3-8-16-13/h2-9H,10H2,1H3,(H,17,20)(H,16,18,19). The lowest BCUT2D eigenvalue weighted by Gasteiger charge is -2.06. The summed E-state index contributed by atoms with van der Waals surface area (Å²) in [6, 6.07) is 12.4. The lowest BCUT2D eigenvalue weighted by atomic mass is 10.1. The SMILES string of the molecule is Cc1cccc(C(=O)NCC(=O)Nc2ccccn2)c1. The molecular formula is C15H15N3O2. The van der Waals surface area contributed by atoms with Gasteiger partial charge in [-0.1, -0.05) is 23.8 Å². The molecular weight excluding hydrogens is 254 g/mol. The minimum absolute atomic E-state index is 0.0939. The van der Waals surface area contributed by atoms with Gasteiger partial charge < -0.3 is 10.6 Å². The highest BCUT2D eigenvalue weighted by Crippen LogP contribution is 2.03. The predicted molar refractivity (Wildman–Crippen MR) is 76.4 cm³/mol. The number of rotatable bonds is 4. The zero-order valence-corrected chi connectivity index (χ0v) is 11.1. The quantitative estimate of drug-likeness (QED) is 0.888. The molecule has 5 heteroatoms. The van der Waals surface area contributed by atoms with E-state index in [0.29, 0.717) is 11.4 Å². The molecule has 5 nitrogen and oxygen atoms in total. The average Bonchev–Trinajstić information content (AvgIpc) is 2.46. The number of hydrogen-bond donors (Lipinski definition) is 2. The molecule has 1 heterocycles. The molecule has 2 N–H and O–H groups in total. The Balaban J connectivity index is 1.86. The summed E-state index contributed by atoms with van der Waals surface area (Å²) in [6.07, 6.45) is 1.58. The van der Waals surface area contributed by atoms with Crippen LogP contribution in [-0.2, 0) is 4.79 Å². The minimum atomic E-state index is -0.315. The summed E-state index contributed by atoms with van der Waals surface area (Å²) < 4.78 is 0. The van der Waals surface area contributed by atoms with Crippen molar-refractivity contribution in [3.05, 3.63) is 59.8 Å². The molecule has 2 amide bonds. The number of benzene rings is 1. The Bertz CT molecular complexity index is 612. The number of nitrogens with one attached hydrogen (secondary N) is 2. The van der Waals surface area contributed by atoms with Crippen LogP contribution in [0.3, 0.4) is 0 Å². The largest absolute Gasteiger partial charge is 0.343 e. The Morgan fingerprint density at radius 3 is 2.70 bits per heavy atom. The van der Waals surface area contributed by atoms with Crippen LogP contribution < -0.4 is 10.6 Å². The van der Waals surface area contributed by atoms with Gasteiger partial charge in [-0.2, -0.15) is 0 Å². The number of amides is 2. The zero-order chi connectivity index (χ0) is 14.4. The van der Waals surface area contributed by atoms with Gasteiger partial charge in [0.1, 0.15) is 5.82 Å². The molecule has 0 aliphatic heterocycles. The summed E-state index contributed by atoms with van der Waals surface area (Å²) in [5.41, 5.74) is 1.53. The van der Waals surface area contributed by atoms with E-state index in [1.807, 2.05) is 13.0 Å². The summed E-state index contributed by atoms with van der Waals surface area (Å²) in [5.74, 6) is -0.128. The number of aryl methyl sites for hydroxylation is 1. The maximum absolute atomic E-state index is 11.8. The number of nitrogens with zero attached hydrogens (tertiary/aromatic N) is 1. The van der Waals surface area contributed by atoms with Crippen LogP contribution in [-0.4, -0.2) is 23.3 Å². The van der Waals surface area contributed by atoms with Crippen LogP contribution in [0.15, 0.2) is 48.7 Å². The Labute approximate surface area is 117 Å². The number of carbonyl (C=O) groups excluding carboxylic acids is 2. The van der Waals surface area contributed by atoms with Gasteiger partial charge in [0.2, 0.25) is 5.91 Å². The van der Waals surface area contributed by atoms with Crippen LogP contribution in [0.1, 0.15) is 15.9 Å². The van der Waals surface area contributed by atoms with Crippen LogP contribution >= 0.6 is 0 Å². The second-order valence-corrected chi connectivity index (χ2v) is 4.32. The highest BCUT2D eigenvalue weighted by molar-refractivity contribution is 5.99. The van der Waals surface area contributed by atoms with E-state index in [1.165, 1.54) is 0 Å². The van der Waals surface area contributed by atoms with Gasteiger partial charge in [0.15, 0.2) is 0 Å². The van der Waals surface area contributed by atoms with E-state index in [0.717, 1.165) is 5.56 Å². The van der Waals surface area contributed by atoms with Gasteiger partial charge in [0.05, 0.1) is 6.54 Å². The minimum Gasteiger partial charge on any atom is -0.343 e. The fourth-order valence-electron chi connectivity index (χ4n) is 1.67. The summed E-state index contributed by atoms with van der Waals surface area (Å²) in [6.45, 7) is 1.81. The van der Waals surface area contributed by atoms with Gasteiger partial charge in [-0.25, -0.2) is 4.98 Å². The first-order valence-corrected chi connectivity index (χ1v) is 6.21. The Morgan fingerprint density at radius 1 is 1.15 bits per heavy atom. The lowest BCUT2D eigenvalue weighted by Crippen LogP contribution is -2.33. The number of hydrogen-bond acceptors (Lipinski definition) is 3. The van der Waals surface area contributed by atoms with Crippen molar-refractivity contribution in [1.82, 2.24) is 10.3 Å². The van der Waals surface area contributed by atoms with Crippen molar-refractivity contribution in [2.24, 2.45) is 0 Å². The number of anilines is 1. The first kappa shape index (κ1) is 13.7. The van der Waals surface area contributed by atoms with E-state index >= 15 is 0 Å². The van der Waals surface area contributed by atoms with E-state index in [-0.39, 0.29) is 18.4 Å². The van der Waals surface area contributed by atoms with E-state index in [9.17, 15) is 9.59 Å². The van der Waals surface area contributed by atoms with E-state index in [4.69, 9.17) is 0 Å². The molecule has 2 rings (SSSR count). The monoisotopic (exact) mass is 269 g/mol. The van der Waals surface area contributed by atoms with E-state index < -0.39 is 0 Å². The molecule has 0 unspecified atom stereocenters. The van der Waals surface area contributed by atoms with Crippen molar-refractivity contribution in [2.75, 3.05) is 11.9 Å². The molecule has 0 spiro atoms. The topological polar surface area (TPSA) is 71.1 Å². The van der Waals surface area contributed by atoms with Crippen molar-refractivity contribution in [2.45, 2.75) is 6.92 Å². The molecule has 0 bridgehead atoms. The fraction of sp³-hybridized carbons (Fsp3) is 0.133. The van der Waals surface area contributed by atoms with Gasteiger partial charge in [-0.05, 0) is 31.2 Å². The lowest BCUT2D eigenvalue weighted by molar-refractivity contribution is -0.115. The van der Waals surface area contributed by atoms with Crippen molar-refractivity contribution < 1.29 is 9.59 Å². The molecule has 0 atom stereocenters. The molecule has 0 aliphatic carbocycles. The fourth-order valence-corrected chi connectivity index (χ4v) is 1.67. The third-order valence-corrected chi connectivity index (χ3v) is 2.62. The average molecular weight is 269 g/mol. The maximum atomic E-state index is 11.8. The maximum Gasteiger partial charge on any atom is 0.251 e. The Hall–Kier alpha value is -2.69. The highest BCUT2D eigenvalue weighted by atomic mass is 16.2. The smallest absolute Gasteiger partial charge is 0.251 e. The molecule has 0 radical (unpaired) electrons. The number of aromatic nitrogens is 1. The van der Waals surface area contributed by atoms with Crippen LogP contribution in [0.2, 0.25) is 0 Å². The van der Waals surface area contributed by atoms with E-state index in [2.05, 4.69) is 15.6 Å². The molecule has 0 saturated heterocycles. The Morgan fingerprint density at radius 2 is 2.00 bits per heavy atom. The second-order valence-electron chi connectivity index (χ2n) is 4.32. The van der Waals surface area contributed by atoms with Crippen LogP contribution in [0.25, 0.3) is 0 Å². The first-order valence-electron chi connectivity index (χ1n) is 6.21. The van der Waals surface area contributed by atoms with Crippen LogP contribution in [0.5, 0.6) is 0 Å². The molecule has 2 aromatic rings. The molecule has 0 aliphatic rings. The summed E-state index contributed by atoms with van der Waals surface area (Å²) in [7, 11) is 0. The molecule has 1 aromatic heterocycles. The van der Waals surface area contributed by atoms with Crippen molar-refractivity contribution in [3.63, 3.8) is 0 Å². The van der Waals surface area contributed by atoms with Gasteiger partial charge >= 0.3 is 0 Å². The van der Waals surface area contributed by atoms with Crippen molar-refractivity contribution in [3.8, 4) is 0 Å². The summed E-state index contributed by atoms with van der Waals surface area (Å²) in [5, 5.41) is 5.16. The van der Waals surface area contributed by atoms with Gasteiger partial charge in [0, 0.05) is 11.8 Å².